The molecule has 1 heterocycles. The zero-order valence-electron chi connectivity index (χ0n) is 8.13. The molecule has 0 bridgehead atoms. The van der Waals surface area contributed by atoms with Gasteiger partial charge >= 0.3 is 6.03 Å². The standard InChI is InChI=1S/C8H17N3O/c1-11(2,3)7-6-10-5-4-9-8(10)12/h4-7H2,1-3H3/p+1. The topological polar surface area (TPSA) is 32.3 Å². The van der Waals surface area contributed by atoms with Gasteiger partial charge in [0.05, 0.1) is 34.2 Å². The molecular weight excluding hydrogens is 154 g/mol. The van der Waals surface area contributed by atoms with Crippen molar-refractivity contribution in [3.8, 4) is 0 Å². The van der Waals surface area contributed by atoms with E-state index in [0.29, 0.717) is 0 Å². The number of rotatable bonds is 3. The zero-order valence-corrected chi connectivity index (χ0v) is 8.13. The number of carbonyl (C=O) groups excluding carboxylic acids is 1. The molecule has 12 heavy (non-hydrogen) atoms. The van der Waals surface area contributed by atoms with Gasteiger partial charge in [0.1, 0.15) is 0 Å². The first-order valence-electron chi connectivity index (χ1n) is 4.32. The highest BCUT2D eigenvalue weighted by molar-refractivity contribution is 5.76. The Morgan fingerprint density at radius 3 is 2.58 bits per heavy atom. The van der Waals surface area contributed by atoms with Crippen molar-refractivity contribution in [1.29, 1.82) is 0 Å². The molecule has 0 saturated carbocycles. The Morgan fingerprint density at radius 2 is 2.17 bits per heavy atom. The van der Waals surface area contributed by atoms with Crippen LogP contribution in [-0.2, 0) is 0 Å². The van der Waals surface area contributed by atoms with E-state index >= 15 is 0 Å². The molecule has 1 fully saturated rings. The monoisotopic (exact) mass is 172 g/mol. The molecular formula is C8H18N3O+. The average molecular weight is 172 g/mol. The minimum absolute atomic E-state index is 0.0865. The van der Waals surface area contributed by atoms with Gasteiger partial charge in [-0.05, 0) is 0 Å². The lowest BCUT2D eigenvalue weighted by molar-refractivity contribution is -0.869. The van der Waals surface area contributed by atoms with Crippen molar-refractivity contribution < 1.29 is 9.28 Å². The summed E-state index contributed by atoms with van der Waals surface area (Å²) >= 11 is 0. The minimum atomic E-state index is 0.0865. The maximum atomic E-state index is 11.1. The van der Waals surface area contributed by atoms with E-state index < -0.39 is 0 Å². The molecule has 2 amide bonds. The molecule has 0 unspecified atom stereocenters. The third kappa shape index (κ3) is 2.70. The van der Waals surface area contributed by atoms with E-state index in [-0.39, 0.29) is 6.03 Å². The number of quaternary nitrogens is 1. The molecule has 1 aliphatic heterocycles. The van der Waals surface area contributed by atoms with E-state index in [9.17, 15) is 4.79 Å². The van der Waals surface area contributed by atoms with Crippen molar-refractivity contribution in [2.45, 2.75) is 0 Å². The first-order valence-corrected chi connectivity index (χ1v) is 4.32. The van der Waals surface area contributed by atoms with Crippen LogP contribution in [0.15, 0.2) is 0 Å². The van der Waals surface area contributed by atoms with E-state index in [1.165, 1.54) is 0 Å². The Kier molecular flexibility index (Phi) is 2.57. The first kappa shape index (κ1) is 9.32. The third-order valence-electron chi connectivity index (χ3n) is 1.99. The molecule has 0 aromatic rings. The highest BCUT2D eigenvalue weighted by atomic mass is 16.2. The van der Waals surface area contributed by atoms with Gasteiger partial charge in [0, 0.05) is 13.1 Å². The van der Waals surface area contributed by atoms with Crippen molar-refractivity contribution in [1.82, 2.24) is 10.2 Å². The van der Waals surface area contributed by atoms with Crippen LogP contribution in [0.4, 0.5) is 4.79 Å². The maximum absolute atomic E-state index is 11.1. The van der Waals surface area contributed by atoms with Crippen LogP contribution >= 0.6 is 0 Å². The summed E-state index contributed by atoms with van der Waals surface area (Å²) in [6.45, 7) is 3.53. The van der Waals surface area contributed by atoms with Crippen LogP contribution < -0.4 is 5.32 Å². The van der Waals surface area contributed by atoms with Crippen LogP contribution in [0.5, 0.6) is 0 Å². The van der Waals surface area contributed by atoms with Gasteiger partial charge in [-0.2, -0.15) is 0 Å². The Bertz CT molecular complexity index is 174. The fraction of sp³-hybridized carbons (Fsp3) is 0.875. The quantitative estimate of drug-likeness (QED) is 0.583. The van der Waals surface area contributed by atoms with Crippen LogP contribution in [0.1, 0.15) is 0 Å². The second-order valence-corrected chi connectivity index (χ2v) is 4.23. The Balaban J connectivity index is 2.27. The molecule has 4 heteroatoms. The molecule has 0 aromatic heterocycles. The third-order valence-corrected chi connectivity index (χ3v) is 1.99. The number of nitrogens with zero attached hydrogens (tertiary/aromatic N) is 2. The van der Waals surface area contributed by atoms with Gasteiger partial charge in [0.15, 0.2) is 0 Å². The van der Waals surface area contributed by atoms with Gasteiger partial charge in [-0.3, -0.25) is 0 Å². The normalized spacial score (nSPS) is 18.2. The second kappa shape index (κ2) is 3.31. The average Bonchev–Trinajstić information content (AvgIpc) is 2.29. The van der Waals surface area contributed by atoms with Crippen LogP contribution in [0, 0.1) is 0 Å². The summed E-state index contributed by atoms with van der Waals surface area (Å²) in [6, 6.07) is 0.0865. The number of urea groups is 1. The van der Waals surface area contributed by atoms with Gasteiger partial charge in [-0.15, -0.1) is 0 Å². The number of hydrogen-bond acceptors (Lipinski definition) is 1. The molecule has 1 N–H and O–H groups in total. The van der Waals surface area contributed by atoms with Gasteiger partial charge < -0.3 is 14.7 Å². The van der Waals surface area contributed by atoms with E-state index in [0.717, 1.165) is 30.7 Å². The smallest absolute Gasteiger partial charge is 0.317 e. The van der Waals surface area contributed by atoms with Gasteiger partial charge in [-0.1, -0.05) is 0 Å². The largest absolute Gasteiger partial charge is 0.336 e. The fourth-order valence-corrected chi connectivity index (χ4v) is 1.15. The van der Waals surface area contributed by atoms with Gasteiger partial charge in [0.2, 0.25) is 0 Å². The highest BCUT2D eigenvalue weighted by Gasteiger charge is 2.21. The maximum Gasteiger partial charge on any atom is 0.317 e. The van der Waals surface area contributed by atoms with Crippen LogP contribution in [-0.4, -0.2) is 62.7 Å². The lowest BCUT2D eigenvalue weighted by Gasteiger charge is -2.26. The highest BCUT2D eigenvalue weighted by Crippen LogP contribution is 1.98. The summed E-state index contributed by atoms with van der Waals surface area (Å²) in [4.78, 5) is 13.0. The first-order chi connectivity index (χ1) is 5.49. The van der Waals surface area contributed by atoms with Crippen LogP contribution in [0.3, 0.4) is 0 Å². The minimum Gasteiger partial charge on any atom is -0.336 e. The van der Waals surface area contributed by atoms with Crippen molar-refractivity contribution >= 4 is 6.03 Å². The lowest BCUT2D eigenvalue weighted by Crippen LogP contribution is -2.42. The Labute approximate surface area is 73.7 Å². The second-order valence-electron chi connectivity index (χ2n) is 4.23. The zero-order chi connectivity index (χ0) is 9.19. The number of hydrogen-bond donors (Lipinski definition) is 1. The van der Waals surface area contributed by atoms with Crippen molar-refractivity contribution in [3.63, 3.8) is 0 Å². The summed E-state index contributed by atoms with van der Waals surface area (Å²) in [5.41, 5.74) is 0. The van der Waals surface area contributed by atoms with Gasteiger partial charge in [-0.25, -0.2) is 4.79 Å². The molecule has 0 radical (unpaired) electrons. The van der Waals surface area contributed by atoms with Crippen LogP contribution in [0.2, 0.25) is 0 Å². The SMILES string of the molecule is C[N+](C)(C)CCN1CCNC1=O. The molecule has 0 aromatic carbocycles. The molecule has 0 atom stereocenters. The summed E-state index contributed by atoms with van der Waals surface area (Å²) in [7, 11) is 6.40. The summed E-state index contributed by atoms with van der Waals surface area (Å²) < 4.78 is 0.907. The molecule has 1 aliphatic rings. The number of amides is 2. The lowest BCUT2D eigenvalue weighted by atomic mass is 10.4. The van der Waals surface area contributed by atoms with E-state index in [2.05, 4.69) is 26.5 Å². The predicted molar refractivity (Wildman–Crippen MR) is 47.9 cm³/mol. The van der Waals surface area contributed by atoms with E-state index in [1.807, 2.05) is 4.90 Å². The molecule has 0 spiro atoms. The molecule has 4 nitrogen and oxygen atoms in total. The van der Waals surface area contributed by atoms with Crippen molar-refractivity contribution in [2.75, 3.05) is 47.3 Å². The number of nitrogens with one attached hydrogen (secondary N) is 1. The predicted octanol–water partition coefficient (Wildman–Crippen LogP) is -0.282. The van der Waals surface area contributed by atoms with Crippen LogP contribution in [0.25, 0.3) is 0 Å². The summed E-state index contributed by atoms with van der Waals surface area (Å²) in [6.07, 6.45) is 0. The van der Waals surface area contributed by atoms with Gasteiger partial charge in [0.25, 0.3) is 0 Å². The Morgan fingerprint density at radius 1 is 1.50 bits per heavy atom. The van der Waals surface area contributed by atoms with Crippen molar-refractivity contribution in [2.24, 2.45) is 0 Å². The van der Waals surface area contributed by atoms with Crippen molar-refractivity contribution in [3.05, 3.63) is 0 Å². The summed E-state index contributed by atoms with van der Waals surface area (Å²) in [5, 5.41) is 2.79. The summed E-state index contributed by atoms with van der Waals surface area (Å²) in [5.74, 6) is 0. The van der Waals surface area contributed by atoms with E-state index in [4.69, 9.17) is 0 Å². The Hall–Kier alpha value is -0.770. The fourth-order valence-electron chi connectivity index (χ4n) is 1.15. The molecule has 1 rings (SSSR count). The molecule has 0 aliphatic carbocycles. The number of carbonyl (C=O) groups is 1. The molecule has 1 saturated heterocycles. The number of likely N-dealkylation sites (N-methyl/N-ethyl adjacent to an activating group) is 1. The molecule has 70 valence electrons. The van der Waals surface area contributed by atoms with E-state index in [1.54, 1.807) is 0 Å².